The molecule has 1 heterocycles. The van der Waals surface area contributed by atoms with Gasteiger partial charge in [0.05, 0.1) is 6.07 Å². The molecule has 0 saturated carbocycles. The molecule has 0 spiro atoms. The van der Waals surface area contributed by atoms with Crippen molar-refractivity contribution in [1.82, 2.24) is 4.90 Å². The fourth-order valence-corrected chi connectivity index (χ4v) is 1.67. The number of carbonyl (C=O) groups excluding carboxylic acids is 1. The van der Waals surface area contributed by atoms with Crippen LogP contribution in [0.3, 0.4) is 0 Å². The van der Waals surface area contributed by atoms with E-state index in [-0.39, 0.29) is 11.7 Å². The van der Waals surface area contributed by atoms with E-state index in [0.717, 1.165) is 12.8 Å². The number of carbonyl (C=O) groups is 1. The minimum absolute atomic E-state index is 0.0251. The molecule has 6 nitrogen and oxygen atoms in total. The molecule has 1 rings (SSSR count). The summed E-state index contributed by atoms with van der Waals surface area (Å²) in [6.45, 7) is 2.98. The summed E-state index contributed by atoms with van der Waals surface area (Å²) in [7, 11) is 0. The van der Waals surface area contributed by atoms with Crippen molar-refractivity contribution in [3.8, 4) is 0 Å². The van der Waals surface area contributed by atoms with Crippen molar-refractivity contribution in [3.63, 3.8) is 0 Å². The van der Waals surface area contributed by atoms with E-state index in [4.69, 9.17) is 16.0 Å². The molecular weight excluding hydrogens is 260 g/mol. The van der Waals surface area contributed by atoms with Crippen LogP contribution in [0.25, 0.3) is 0 Å². The first kappa shape index (κ1) is 14.5. The van der Waals surface area contributed by atoms with Crippen LogP contribution in [0.5, 0.6) is 0 Å². The summed E-state index contributed by atoms with van der Waals surface area (Å²) in [5, 5.41) is 10.5. The van der Waals surface area contributed by atoms with Crippen LogP contribution < -0.4 is 0 Å². The summed E-state index contributed by atoms with van der Waals surface area (Å²) < 4.78 is 4.88. The van der Waals surface area contributed by atoms with Gasteiger partial charge in [-0.05, 0) is 12.5 Å². The van der Waals surface area contributed by atoms with E-state index in [0.29, 0.717) is 19.0 Å². The molecule has 0 aromatic carbocycles. The zero-order valence-electron chi connectivity index (χ0n) is 10.1. The number of nitrogens with zero attached hydrogens (tertiary/aromatic N) is 2. The first-order chi connectivity index (χ1) is 8.60. The van der Waals surface area contributed by atoms with Gasteiger partial charge >= 0.3 is 5.88 Å². The van der Waals surface area contributed by atoms with Crippen molar-refractivity contribution in [1.29, 1.82) is 0 Å². The lowest BCUT2D eigenvalue weighted by atomic mass is 10.3. The number of hydrogen-bond donors (Lipinski definition) is 0. The SMILES string of the molecule is CCCCN(CCCl)C(=O)c1ccc([N+](=O)[O-])o1. The molecule has 0 aliphatic heterocycles. The summed E-state index contributed by atoms with van der Waals surface area (Å²) in [5.74, 6) is -0.502. The van der Waals surface area contributed by atoms with E-state index < -0.39 is 10.8 Å². The Morgan fingerprint density at radius 2 is 2.22 bits per heavy atom. The maximum absolute atomic E-state index is 12.0. The zero-order chi connectivity index (χ0) is 13.5. The van der Waals surface area contributed by atoms with Crippen LogP contribution in [-0.4, -0.2) is 34.7 Å². The van der Waals surface area contributed by atoms with Gasteiger partial charge in [-0.2, -0.15) is 0 Å². The van der Waals surface area contributed by atoms with Gasteiger partial charge in [0.15, 0.2) is 5.76 Å². The molecule has 1 aromatic heterocycles. The molecule has 0 N–H and O–H groups in total. The molecule has 0 saturated heterocycles. The van der Waals surface area contributed by atoms with Crippen molar-refractivity contribution in [3.05, 3.63) is 28.0 Å². The van der Waals surface area contributed by atoms with E-state index in [1.54, 1.807) is 4.90 Å². The summed E-state index contributed by atoms with van der Waals surface area (Å²) >= 11 is 5.63. The molecule has 0 fully saturated rings. The Bertz CT molecular complexity index is 419. The summed E-state index contributed by atoms with van der Waals surface area (Å²) in [5.41, 5.74) is 0. The van der Waals surface area contributed by atoms with Crippen LogP contribution in [0.2, 0.25) is 0 Å². The Balaban J connectivity index is 2.77. The molecule has 100 valence electrons. The second kappa shape index (κ2) is 7.00. The normalized spacial score (nSPS) is 10.3. The number of halogens is 1. The van der Waals surface area contributed by atoms with Gasteiger partial charge in [-0.1, -0.05) is 13.3 Å². The average molecular weight is 275 g/mol. The van der Waals surface area contributed by atoms with Gasteiger partial charge in [0.25, 0.3) is 5.91 Å². The van der Waals surface area contributed by atoms with Crippen molar-refractivity contribution >= 4 is 23.4 Å². The largest absolute Gasteiger partial charge is 0.433 e. The number of unbranched alkanes of at least 4 members (excludes halogenated alkanes) is 1. The molecule has 7 heteroatoms. The fourth-order valence-electron chi connectivity index (χ4n) is 1.46. The minimum atomic E-state index is -0.672. The lowest BCUT2D eigenvalue weighted by Crippen LogP contribution is -2.33. The Labute approximate surface area is 110 Å². The fraction of sp³-hybridized carbons (Fsp3) is 0.545. The molecule has 0 unspecified atom stereocenters. The summed E-state index contributed by atoms with van der Waals surface area (Å²) in [6.07, 6.45) is 1.80. The molecule has 1 amide bonds. The smallest absolute Gasteiger partial charge is 0.395 e. The maximum atomic E-state index is 12.0. The number of amides is 1. The third-order valence-electron chi connectivity index (χ3n) is 2.41. The molecule has 0 aliphatic rings. The number of nitro groups is 1. The zero-order valence-corrected chi connectivity index (χ0v) is 10.9. The monoisotopic (exact) mass is 274 g/mol. The van der Waals surface area contributed by atoms with Gasteiger partial charge in [-0.25, -0.2) is 0 Å². The standard InChI is InChI=1S/C11H15ClN2O4/c1-2-3-7-13(8-6-12)11(15)9-4-5-10(18-9)14(16)17/h4-5H,2-3,6-8H2,1H3. The third-order valence-corrected chi connectivity index (χ3v) is 2.57. The highest BCUT2D eigenvalue weighted by molar-refractivity contribution is 6.18. The number of alkyl halides is 1. The molecule has 0 bridgehead atoms. The van der Waals surface area contributed by atoms with Gasteiger partial charge in [-0.15, -0.1) is 11.6 Å². The molecular formula is C11H15ClN2O4. The second-order valence-corrected chi connectivity index (χ2v) is 4.11. The summed E-state index contributed by atoms with van der Waals surface area (Å²) in [4.78, 5) is 23.4. The highest BCUT2D eigenvalue weighted by Gasteiger charge is 2.21. The highest BCUT2D eigenvalue weighted by atomic mass is 35.5. The van der Waals surface area contributed by atoms with Crippen molar-refractivity contribution in [2.45, 2.75) is 19.8 Å². The van der Waals surface area contributed by atoms with Gasteiger partial charge in [0.2, 0.25) is 0 Å². The van der Waals surface area contributed by atoms with Crippen molar-refractivity contribution in [2.75, 3.05) is 19.0 Å². The molecule has 0 aliphatic carbocycles. The van der Waals surface area contributed by atoms with E-state index in [1.807, 2.05) is 6.92 Å². The Hall–Kier alpha value is -1.56. The molecule has 18 heavy (non-hydrogen) atoms. The van der Waals surface area contributed by atoms with Crippen LogP contribution in [0.1, 0.15) is 30.3 Å². The number of hydrogen-bond acceptors (Lipinski definition) is 4. The average Bonchev–Trinajstić information content (AvgIpc) is 2.83. The Morgan fingerprint density at radius 3 is 2.72 bits per heavy atom. The molecule has 1 aromatic rings. The predicted molar refractivity (Wildman–Crippen MR) is 66.9 cm³/mol. The van der Waals surface area contributed by atoms with Crippen molar-refractivity contribution < 1.29 is 14.1 Å². The quantitative estimate of drug-likeness (QED) is 0.435. The minimum Gasteiger partial charge on any atom is -0.395 e. The van der Waals surface area contributed by atoms with Gasteiger partial charge < -0.3 is 9.32 Å². The Morgan fingerprint density at radius 1 is 1.50 bits per heavy atom. The Kier molecular flexibility index (Phi) is 5.64. The first-order valence-corrected chi connectivity index (χ1v) is 6.23. The van der Waals surface area contributed by atoms with E-state index >= 15 is 0 Å². The topological polar surface area (TPSA) is 76.6 Å². The predicted octanol–water partition coefficient (Wildman–Crippen LogP) is 2.67. The second-order valence-electron chi connectivity index (χ2n) is 3.73. The van der Waals surface area contributed by atoms with Crippen LogP contribution in [-0.2, 0) is 0 Å². The van der Waals surface area contributed by atoms with Crippen LogP contribution in [0.4, 0.5) is 5.88 Å². The van der Waals surface area contributed by atoms with Gasteiger partial charge in [0, 0.05) is 19.0 Å². The van der Waals surface area contributed by atoms with Crippen LogP contribution in [0.15, 0.2) is 16.5 Å². The maximum Gasteiger partial charge on any atom is 0.433 e. The van der Waals surface area contributed by atoms with E-state index in [2.05, 4.69) is 0 Å². The van der Waals surface area contributed by atoms with Crippen molar-refractivity contribution in [2.24, 2.45) is 0 Å². The van der Waals surface area contributed by atoms with E-state index in [1.165, 1.54) is 12.1 Å². The lowest BCUT2D eigenvalue weighted by molar-refractivity contribution is -0.402. The van der Waals surface area contributed by atoms with E-state index in [9.17, 15) is 14.9 Å². The summed E-state index contributed by atoms with van der Waals surface area (Å²) in [6, 6.07) is 2.49. The molecule has 0 atom stereocenters. The van der Waals surface area contributed by atoms with Crippen LogP contribution >= 0.6 is 11.6 Å². The number of rotatable bonds is 7. The lowest BCUT2D eigenvalue weighted by Gasteiger charge is -2.19. The highest BCUT2D eigenvalue weighted by Crippen LogP contribution is 2.17. The van der Waals surface area contributed by atoms with Gasteiger partial charge in [0.1, 0.15) is 4.92 Å². The molecule has 0 radical (unpaired) electrons. The van der Waals surface area contributed by atoms with Gasteiger partial charge in [-0.3, -0.25) is 14.9 Å². The van der Waals surface area contributed by atoms with Crippen LogP contribution in [0, 0.1) is 10.1 Å². The first-order valence-electron chi connectivity index (χ1n) is 5.69. The number of furan rings is 1. The third kappa shape index (κ3) is 3.73.